The Morgan fingerprint density at radius 1 is 0.333 bits per heavy atom. The Hall–Kier alpha value is -6.42. The van der Waals surface area contributed by atoms with E-state index in [1.54, 1.807) is 0 Å². The van der Waals surface area contributed by atoms with E-state index in [9.17, 15) is 0 Å². The van der Waals surface area contributed by atoms with Crippen molar-refractivity contribution in [2.75, 3.05) is 0 Å². The molecule has 0 saturated heterocycles. The normalized spacial score (nSPS) is 11.9. The van der Waals surface area contributed by atoms with E-state index in [1.807, 2.05) is 11.3 Å². The molecular weight excluding hydrogens is 637 g/mol. The highest BCUT2D eigenvalue weighted by Gasteiger charge is 2.21. The molecule has 0 aliphatic rings. The van der Waals surface area contributed by atoms with Crippen molar-refractivity contribution in [3.8, 4) is 33.6 Å². The van der Waals surface area contributed by atoms with E-state index in [2.05, 4.69) is 191 Å². The number of fused-ring (bicyclic) bond motifs is 10. The first-order chi connectivity index (χ1) is 25.3. The second-order valence-electron chi connectivity index (χ2n) is 13.3. The highest BCUT2D eigenvalue weighted by Crippen LogP contribution is 2.44. The van der Waals surface area contributed by atoms with E-state index < -0.39 is 0 Å². The summed E-state index contributed by atoms with van der Waals surface area (Å²) in [5.74, 6) is 0. The molecule has 0 aliphatic heterocycles. The summed E-state index contributed by atoms with van der Waals surface area (Å²) in [6, 6.07) is 66.6. The molecule has 0 N–H and O–H groups in total. The number of rotatable bonds is 4. The van der Waals surface area contributed by atoms with Gasteiger partial charge < -0.3 is 9.13 Å². The van der Waals surface area contributed by atoms with Crippen LogP contribution in [-0.4, -0.2) is 9.13 Å². The van der Waals surface area contributed by atoms with Crippen LogP contribution in [0.25, 0.3) is 97.4 Å². The molecule has 0 aliphatic carbocycles. The van der Waals surface area contributed by atoms with Gasteiger partial charge in [-0.2, -0.15) is 0 Å². The molecular formula is C48H30N2S. The van der Waals surface area contributed by atoms with Crippen LogP contribution in [0.2, 0.25) is 0 Å². The van der Waals surface area contributed by atoms with Gasteiger partial charge in [-0.3, -0.25) is 0 Å². The van der Waals surface area contributed by atoms with E-state index in [0.717, 1.165) is 5.69 Å². The molecule has 0 spiro atoms. The summed E-state index contributed by atoms with van der Waals surface area (Å²) in [6.45, 7) is 0. The van der Waals surface area contributed by atoms with Crippen LogP contribution in [0.1, 0.15) is 0 Å². The zero-order valence-electron chi connectivity index (χ0n) is 27.6. The van der Waals surface area contributed by atoms with Gasteiger partial charge in [0.1, 0.15) is 0 Å². The number of benzene rings is 8. The largest absolute Gasteiger partial charge is 0.309 e. The Morgan fingerprint density at radius 3 is 1.65 bits per heavy atom. The Kier molecular flexibility index (Phi) is 6.16. The van der Waals surface area contributed by atoms with Crippen LogP contribution >= 0.6 is 11.3 Å². The van der Waals surface area contributed by atoms with Crippen molar-refractivity contribution in [2.24, 2.45) is 0 Å². The lowest BCUT2D eigenvalue weighted by Crippen LogP contribution is -1.94. The van der Waals surface area contributed by atoms with Crippen molar-refractivity contribution >= 4 is 75.1 Å². The van der Waals surface area contributed by atoms with Gasteiger partial charge in [-0.15, -0.1) is 11.3 Å². The summed E-state index contributed by atoms with van der Waals surface area (Å²) in [5.41, 5.74) is 12.1. The van der Waals surface area contributed by atoms with E-state index in [0.29, 0.717) is 0 Å². The van der Waals surface area contributed by atoms with Crippen LogP contribution in [0.4, 0.5) is 0 Å². The summed E-state index contributed by atoms with van der Waals surface area (Å²) >= 11 is 1.89. The number of aromatic nitrogens is 2. The molecule has 0 radical (unpaired) electrons. The fraction of sp³-hybridized carbons (Fsp3) is 0. The molecule has 3 aromatic heterocycles. The minimum atomic E-state index is 1.16. The maximum Gasteiger partial charge on any atom is 0.0548 e. The predicted molar refractivity (Wildman–Crippen MR) is 219 cm³/mol. The molecule has 8 aromatic carbocycles. The van der Waals surface area contributed by atoms with Gasteiger partial charge in [-0.25, -0.2) is 0 Å². The molecule has 0 amide bonds. The van der Waals surface area contributed by atoms with E-state index >= 15 is 0 Å². The molecule has 51 heavy (non-hydrogen) atoms. The Balaban J connectivity index is 1.19. The average Bonchev–Trinajstić information content (AvgIpc) is 3.86. The third-order valence-corrected chi connectivity index (χ3v) is 11.7. The molecule has 3 heterocycles. The van der Waals surface area contributed by atoms with Crippen molar-refractivity contribution in [1.29, 1.82) is 0 Å². The predicted octanol–water partition coefficient (Wildman–Crippen LogP) is 13.6. The van der Waals surface area contributed by atoms with Crippen molar-refractivity contribution in [3.05, 3.63) is 182 Å². The first-order valence-electron chi connectivity index (χ1n) is 17.4. The molecule has 0 bridgehead atoms. The molecule has 0 fully saturated rings. The first kappa shape index (κ1) is 28.4. The summed E-state index contributed by atoms with van der Waals surface area (Å²) in [5, 5.41) is 7.74. The highest BCUT2D eigenvalue weighted by molar-refractivity contribution is 7.26. The summed E-state index contributed by atoms with van der Waals surface area (Å²) in [4.78, 5) is 0. The molecule has 0 atom stereocenters. The van der Waals surface area contributed by atoms with Crippen LogP contribution < -0.4 is 0 Å². The van der Waals surface area contributed by atoms with Crippen LogP contribution in [0.5, 0.6) is 0 Å². The first-order valence-corrected chi connectivity index (χ1v) is 18.3. The molecule has 3 heteroatoms. The van der Waals surface area contributed by atoms with Gasteiger partial charge >= 0.3 is 0 Å². The number of hydrogen-bond acceptors (Lipinski definition) is 1. The maximum absolute atomic E-state index is 2.43. The fourth-order valence-electron chi connectivity index (χ4n) is 8.30. The zero-order chi connectivity index (χ0) is 33.5. The quantitative estimate of drug-likeness (QED) is 0.177. The Morgan fingerprint density at radius 2 is 0.882 bits per heavy atom. The van der Waals surface area contributed by atoms with Crippen LogP contribution in [-0.2, 0) is 0 Å². The third-order valence-electron chi connectivity index (χ3n) is 10.5. The topological polar surface area (TPSA) is 9.86 Å². The van der Waals surface area contributed by atoms with Gasteiger partial charge in [0.15, 0.2) is 0 Å². The zero-order valence-corrected chi connectivity index (χ0v) is 28.4. The van der Waals surface area contributed by atoms with Crippen LogP contribution in [0.3, 0.4) is 0 Å². The van der Waals surface area contributed by atoms with Gasteiger partial charge in [0.2, 0.25) is 0 Å². The lowest BCUT2D eigenvalue weighted by molar-refractivity contribution is 1.17. The van der Waals surface area contributed by atoms with Gasteiger partial charge in [0.25, 0.3) is 0 Å². The van der Waals surface area contributed by atoms with Gasteiger partial charge in [0, 0.05) is 53.1 Å². The second kappa shape index (κ2) is 11.0. The SMILES string of the molecule is c1ccc(-n2c3ccccc3c3c4c5cc(-c6cccc(-c7cccc8c7sc7ccccc78)c6)ccc5n(-c5ccccc5)c4ccc32)cc1. The summed E-state index contributed by atoms with van der Waals surface area (Å²) < 4.78 is 7.52. The standard InChI is InChI=1S/C48H30N2S/c1-3-15-34(16-4-1)49-41-23-9-7-20-39(41)46-43(49)27-28-44-47(46)40-30-32(25-26-42(40)50(44)35-17-5-2-6-18-35)31-13-11-14-33(29-31)36-21-12-22-38-37-19-8-10-24-45(37)51-48(36)38/h1-30H. The fourth-order valence-corrected chi connectivity index (χ4v) is 9.54. The average molecular weight is 667 g/mol. The smallest absolute Gasteiger partial charge is 0.0548 e. The van der Waals surface area contributed by atoms with Gasteiger partial charge in [-0.1, -0.05) is 115 Å². The highest BCUT2D eigenvalue weighted by atomic mass is 32.1. The molecule has 11 rings (SSSR count). The van der Waals surface area contributed by atoms with Crippen LogP contribution in [0.15, 0.2) is 182 Å². The minimum Gasteiger partial charge on any atom is -0.309 e. The molecule has 0 saturated carbocycles. The van der Waals surface area contributed by atoms with Gasteiger partial charge in [0.05, 0.1) is 22.1 Å². The molecule has 11 aromatic rings. The number of para-hydroxylation sites is 3. The Labute approximate surface area is 298 Å². The lowest BCUT2D eigenvalue weighted by Gasteiger charge is -2.09. The van der Waals surface area contributed by atoms with E-state index in [1.165, 1.54) is 91.7 Å². The number of hydrogen-bond donors (Lipinski definition) is 0. The second-order valence-corrected chi connectivity index (χ2v) is 14.4. The van der Waals surface area contributed by atoms with Crippen molar-refractivity contribution in [3.63, 3.8) is 0 Å². The van der Waals surface area contributed by atoms with Gasteiger partial charge in [-0.05, 0) is 89.0 Å². The molecule has 238 valence electrons. The van der Waals surface area contributed by atoms with Crippen LogP contribution in [0, 0.1) is 0 Å². The monoisotopic (exact) mass is 666 g/mol. The molecule has 0 unspecified atom stereocenters. The third kappa shape index (κ3) is 4.22. The van der Waals surface area contributed by atoms with Crippen molar-refractivity contribution in [2.45, 2.75) is 0 Å². The van der Waals surface area contributed by atoms with Crippen molar-refractivity contribution < 1.29 is 0 Å². The number of thiophene rings is 1. The van der Waals surface area contributed by atoms with E-state index in [4.69, 9.17) is 0 Å². The maximum atomic E-state index is 2.43. The Bertz CT molecular complexity index is 3130. The summed E-state index contributed by atoms with van der Waals surface area (Å²) in [6.07, 6.45) is 0. The van der Waals surface area contributed by atoms with Crippen molar-refractivity contribution in [1.82, 2.24) is 9.13 Å². The van der Waals surface area contributed by atoms with E-state index in [-0.39, 0.29) is 0 Å². The summed E-state index contributed by atoms with van der Waals surface area (Å²) in [7, 11) is 0. The molecule has 2 nitrogen and oxygen atoms in total. The minimum absolute atomic E-state index is 1.16. The lowest BCUT2D eigenvalue weighted by atomic mass is 9.96. The number of nitrogens with zero attached hydrogens (tertiary/aromatic N) is 2.